The molecule has 2 heterocycles. The highest BCUT2D eigenvalue weighted by Gasteiger charge is 2.21. The molecule has 9 heteroatoms. The summed E-state index contributed by atoms with van der Waals surface area (Å²) in [5.74, 6) is 1.59. The number of hydrogen-bond donors (Lipinski definition) is 1. The summed E-state index contributed by atoms with van der Waals surface area (Å²) < 4.78 is 31.3. The van der Waals surface area contributed by atoms with Crippen LogP contribution in [0.2, 0.25) is 5.02 Å². The number of aromatic nitrogens is 2. The van der Waals surface area contributed by atoms with E-state index in [1.54, 1.807) is 32.4 Å². The summed E-state index contributed by atoms with van der Waals surface area (Å²) in [4.78, 5) is 11.1. The average Bonchev–Trinajstić information content (AvgIpc) is 2.84. The molecule has 176 valence electrons. The van der Waals surface area contributed by atoms with Crippen molar-refractivity contribution in [2.24, 2.45) is 5.92 Å². The Kier molecular flexibility index (Phi) is 7.80. The molecule has 33 heavy (non-hydrogen) atoms. The fraction of sp³-hybridized carbons (Fsp3) is 0.417. The van der Waals surface area contributed by atoms with E-state index >= 15 is 0 Å². The molecule has 0 spiro atoms. The first-order valence-electron chi connectivity index (χ1n) is 11.0. The maximum absolute atomic E-state index is 14.4. The van der Waals surface area contributed by atoms with Gasteiger partial charge in [-0.1, -0.05) is 17.7 Å². The maximum Gasteiger partial charge on any atom is 0.165 e. The van der Waals surface area contributed by atoms with Crippen molar-refractivity contribution in [3.63, 3.8) is 0 Å². The molecule has 0 atom stereocenters. The Labute approximate surface area is 197 Å². The lowest BCUT2D eigenvalue weighted by Crippen LogP contribution is -2.37. The summed E-state index contributed by atoms with van der Waals surface area (Å²) in [6.45, 7) is 4.40. The highest BCUT2D eigenvalue weighted by atomic mass is 35.5. The highest BCUT2D eigenvalue weighted by Crippen LogP contribution is 2.36. The van der Waals surface area contributed by atoms with E-state index < -0.39 is 5.82 Å². The van der Waals surface area contributed by atoms with Gasteiger partial charge in [-0.25, -0.2) is 14.4 Å². The third-order valence-electron chi connectivity index (χ3n) is 5.92. The summed E-state index contributed by atoms with van der Waals surface area (Å²) in [5, 5.41) is 3.76. The number of rotatable bonds is 9. The molecule has 1 N–H and O–H groups in total. The van der Waals surface area contributed by atoms with Gasteiger partial charge in [-0.2, -0.15) is 0 Å². The van der Waals surface area contributed by atoms with Gasteiger partial charge in [0.05, 0.1) is 36.6 Å². The number of nitrogens with zero attached hydrogens (tertiary/aromatic N) is 3. The second kappa shape index (κ2) is 11.0. The zero-order chi connectivity index (χ0) is 23.2. The van der Waals surface area contributed by atoms with E-state index in [0.717, 1.165) is 39.1 Å². The monoisotopic (exact) mass is 474 g/mol. The van der Waals surface area contributed by atoms with Crippen LogP contribution in [0.3, 0.4) is 0 Å². The minimum atomic E-state index is -0.534. The predicted molar refractivity (Wildman–Crippen MR) is 127 cm³/mol. The molecule has 0 bridgehead atoms. The summed E-state index contributed by atoms with van der Waals surface area (Å²) in [6, 6.07) is 8.43. The molecule has 1 aromatic heterocycles. The third kappa shape index (κ3) is 5.63. The SMILES string of the molecule is COCCN1CCC(COc2cc3c(Nc4cccc(Cl)c4F)ncnc3cc2OC)CC1. The molecule has 0 aliphatic carbocycles. The molecule has 0 radical (unpaired) electrons. The van der Waals surface area contributed by atoms with Crippen molar-refractivity contribution in [1.82, 2.24) is 14.9 Å². The number of methoxy groups -OCH3 is 2. The van der Waals surface area contributed by atoms with E-state index in [-0.39, 0.29) is 10.7 Å². The van der Waals surface area contributed by atoms with Gasteiger partial charge in [0.2, 0.25) is 0 Å². The van der Waals surface area contributed by atoms with Crippen LogP contribution in [-0.4, -0.2) is 61.9 Å². The molecule has 1 saturated heterocycles. The minimum absolute atomic E-state index is 0.0392. The molecule has 0 saturated carbocycles. The van der Waals surface area contributed by atoms with E-state index in [1.807, 2.05) is 6.07 Å². The quantitative estimate of drug-likeness (QED) is 0.472. The van der Waals surface area contributed by atoms with Crippen LogP contribution in [0.4, 0.5) is 15.9 Å². The number of likely N-dealkylation sites (tertiary alicyclic amines) is 1. The summed E-state index contributed by atoms with van der Waals surface area (Å²) >= 11 is 5.92. The lowest BCUT2D eigenvalue weighted by Gasteiger charge is -2.31. The number of piperidine rings is 1. The highest BCUT2D eigenvalue weighted by molar-refractivity contribution is 6.31. The molecule has 2 aromatic carbocycles. The van der Waals surface area contributed by atoms with Crippen molar-refractivity contribution in [2.45, 2.75) is 12.8 Å². The third-order valence-corrected chi connectivity index (χ3v) is 6.21. The summed E-state index contributed by atoms with van der Waals surface area (Å²) in [5.41, 5.74) is 0.895. The van der Waals surface area contributed by atoms with Gasteiger partial charge in [0, 0.05) is 25.1 Å². The first-order chi connectivity index (χ1) is 16.1. The number of hydrogen-bond acceptors (Lipinski definition) is 7. The normalized spacial score (nSPS) is 15.0. The van der Waals surface area contributed by atoms with Crippen LogP contribution >= 0.6 is 11.6 Å². The largest absolute Gasteiger partial charge is 0.493 e. The molecule has 0 amide bonds. The molecule has 7 nitrogen and oxygen atoms in total. The van der Waals surface area contributed by atoms with Gasteiger partial charge in [0.15, 0.2) is 17.3 Å². The molecular formula is C24H28ClFN4O3. The molecule has 1 aliphatic heterocycles. The Bertz CT molecular complexity index is 1090. The zero-order valence-electron chi connectivity index (χ0n) is 18.8. The standard InChI is InChI=1S/C24H28ClFN4O3/c1-31-11-10-30-8-6-16(7-9-30)14-33-22-12-17-20(13-21(22)32-2)27-15-28-24(17)29-19-5-3-4-18(25)23(19)26/h3-5,12-13,15-16H,6-11,14H2,1-2H3,(H,27,28,29). The van der Waals surface area contributed by atoms with E-state index in [4.69, 9.17) is 25.8 Å². The lowest BCUT2D eigenvalue weighted by molar-refractivity contribution is 0.104. The second-order valence-electron chi connectivity index (χ2n) is 8.06. The van der Waals surface area contributed by atoms with Crippen LogP contribution in [-0.2, 0) is 4.74 Å². The van der Waals surface area contributed by atoms with Crippen LogP contribution in [0.15, 0.2) is 36.7 Å². The summed E-state index contributed by atoms with van der Waals surface area (Å²) in [7, 11) is 3.33. The maximum atomic E-state index is 14.4. The number of nitrogens with one attached hydrogen (secondary N) is 1. The Hall–Kier alpha value is -2.68. The van der Waals surface area contributed by atoms with E-state index in [0.29, 0.717) is 40.7 Å². The predicted octanol–water partition coefficient (Wildman–Crippen LogP) is 4.91. The van der Waals surface area contributed by atoms with Crippen molar-refractivity contribution in [3.8, 4) is 11.5 Å². The number of fused-ring (bicyclic) bond motifs is 1. The van der Waals surface area contributed by atoms with Crippen molar-refractivity contribution >= 4 is 34.0 Å². The first-order valence-corrected chi connectivity index (χ1v) is 11.3. The van der Waals surface area contributed by atoms with Crippen LogP contribution < -0.4 is 14.8 Å². The molecular weight excluding hydrogens is 447 g/mol. The van der Waals surface area contributed by atoms with E-state index in [9.17, 15) is 4.39 Å². The van der Waals surface area contributed by atoms with Gasteiger partial charge in [-0.15, -0.1) is 0 Å². The van der Waals surface area contributed by atoms with Gasteiger partial charge in [-0.05, 0) is 50.0 Å². The Balaban J connectivity index is 1.51. The molecule has 3 aromatic rings. The smallest absolute Gasteiger partial charge is 0.165 e. The van der Waals surface area contributed by atoms with E-state index in [1.165, 1.54) is 12.4 Å². The Morgan fingerprint density at radius 2 is 1.97 bits per heavy atom. The number of benzene rings is 2. The average molecular weight is 475 g/mol. The van der Waals surface area contributed by atoms with Crippen LogP contribution in [0, 0.1) is 11.7 Å². The fourth-order valence-electron chi connectivity index (χ4n) is 3.97. The fourth-order valence-corrected chi connectivity index (χ4v) is 4.14. The van der Waals surface area contributed by atoms with Crippen LogP contribution in [0.25, 0.3) is 10.9 Å². The molecule has 1 fully saturated rings. The first kappa shape index (κ1) is 23.5. The number of anilines is 2. The van der Waals surface area contributed by atoms with Crippen molar-refractivity contribution in [1.29, 1.82) is 0 Å². The molecule has 1 aliphatic rings. The lowest BCUT2D eigenvalue weighted by atomic mass is 9.98. The second-order valence-corrected chi connectivity index (χ2v) is 8.46. The van der Waals surface area contributed by atoms with Crippen molar-refractivity contribution < 1.29 is 18.6 Å². The van der Waals surface area contributed by atoms with Gasteiger partial charge in [0.25, 0.3) is 0 Å². The molecule has 4 rings (SSSR count). The van der Waals surface area contributed by atoms with Gasteiger partial charge < -0.3 is 24.4 Å². The summed E-state index contributed by atoms with van der Waals surface area (Å²) in [6.07, 6.45) is 3.57. The molecule has 0 unspecified atom stereocenters. The van der Waals surface area contributed by atoms with E-state index in [2.05, 4.69) is 20.2 Å². The van der Waals surface area contributed by atoms with Gasteiger partial charge >= 0.3 is 0 Å². The van der Waals surface area contributed by atoms with Crippen LogP contribution in [0.5, 0.6) is 11.5 Å². The number of halogens is 2. The van der Waals surface area contributed by atoms with Gasteiger partial charge in [0.1, 0.15) is 12.1 Å². The Morgan fingerprint density at radius 3 is 2.73 bits per heavy atom. The Morgan fingerprint density at radius 1 is 1.15 bits per heavy atom. The topological polar surface area (TPSA) is 68.7 Å². The zero-order valence-corrected chi connectivity index (χ0v) is 19.6. The van der Waals surface area contributed by atoms with Crippen LogP contribution in [0.1, 0.15) is 12.8 Å². The van der Waals surface area contributed by atoms with Gasteiger partial charge in [-0.3, -0.25) is 0 Å². The van der Waals surface area contributed by atoms with Crippen molar-refractivity contribution in [3.05, 3.63) is 47.5 Å². The minimum Gasteiger partial charge on any atom is -0.493 e. The number of ether oxygens (including phenoxy) is 3. The van der Waals surface area contributed by atoms with Crippen molar-refractivity contribution in [2.75, 3.05) is 52.4 Å².